The lowest BCUT2D eigenvalue weighted by Gasteiger charge is -2.24. The van der Waals surface area contributed by atoms with Crippen molar-refractivity contribution in [3.8, 4) is 0 Å². The predicted octanol–water partition coefficient (Wildman–Crippen LogP) is 2.03. The molecule has 1 unspecified atom stereocenters. The summed E-state index contributed by atoms with van der Waals surface area (Å²) >= 11 is 0. The zero-order chi connectivity index (χ0) is 15.7. The van der Waals surface area contributed by atoms with E-state index in [1.54, 1.807) is 6.07 Å². The fourth-order valence-corrected chi connectivity index (χ4v) is 2.70. The van der Waals surface area contributed by atoms with Crippen LogP contribution in [-0.4, -0.2) is 17.0 Å². The lowest BCUT2D eigenvalue weighted by Crippen LogP contribution is -2.34. The standard InChI is InChI=1S/C16H17N3O3/c1-9-13(10(2)22-19-9)8-17-16(21)12-7-15(20)18-14-6-4-3-5-11(12)14/h3-6,12H,7-8H2,1-2H3,(H,17,21)(H,18,20). The van der Waals surface area contributed by atoms with E-state index in [0.29, 0.717) is 18.0 Å². The number of aryl methyl sites for hydroxylation is 2. The Morgan fingerprint density at radius 2 is 2.18 bits per heavy atom. The maximum Gasteiger partial charge on any atom is 0.228 e. The van der Waals surface area contributed by atoms with E-state index < -0.39 is 5.92 Å². The van der Waals surface area contributed by atoms with Gasteiger partial charge in [0.2, 0.25) is 11.8 Å². The van der Waals surface area contributed by atoms with Crippen molar-refractivity contribution in [1.29, 1.82) is 0 Å². The number of amides is 2. The van der Waals surface area contributed by atoms with E-state index in [4.69, 9.17) is 4.52 Å². The molecule has 0 saturated heterocycles. The molecule has 2 heterocycles. The molecule has 114 valence electrons. The van der Waals surface area contributed by atoms with E-state index in [-0.39, 0.29) is 18.2 Å². The lowest BCUT2D eigenvalue weighted by molar-refractivity contribution is -0.126. The van der Waals surface area contributed by atoms with Gasteiger partial charge in [0.05, 0.1) is 11.6 Å². The number of rotatable bonds is 3. The van der Waals surface area contributed by atoms with Crippen molar-refractivity contribution < 1.29 is 14.1 Å². The molecule has 1 aromatic carbocycles. The summed E-state index contributed by atoms with van der Waals surface area (Å²) < 4.78 is 5.08. The monoisotopic (exact) mass is 299 g/mol. The highest BCUT2D eigenvalue weighted by atomic mass is 16.5. The average molecular weight is 299 g/mol. The Hall–Kier alpha value is -2.63. The highest BCUT2D eigenvalue weighted by Crippen LogP contribution is 2.32. The Morgan fingerprint density at radius 1 is 1.41 bits per heavy atom. The molecule has 1 aromatic heterocycles. The van der Waals surface area contributed by atoms with Gasteiger partial charge in [0, 0.05) is 24.2 Å². The van der Waals surface area contributed by atoms with Gasteiger partial charge in [0.1, 0.15) is 5.76 Å². The first-order chi connectivity index (χ1) is 10.6. The van der Waals surface area contributed by atoms with Gasteiger partial charge in [0.25, 0.3) is 0 Å². The molecule has 1 aliphatic rings. The maximum atomic E-state index is 12.5. The number of hydrogen-bond acceptors (Lipinski definition) is 4. The Balaban J connectivity index is 1.77. The number of carbonyl (C=O) groups excluding carboxylic acids is 2. The molecule has 1 atom stereocenters. The molecule has 6 heteroatoms. The highest BCUT2D eigenvalue weighted by Gasteiger charge is 2.30. The van der Waals surface area contributed by atoms with Gasteiger partial charge in [0.15, 0.2) is 0 Å². The SMILES string of the molecule is Cc1noc(C)c1CNC(=O)C1CC(=O)Nc2ccccc21. The van der Waals surface area contributed by atoms with Gasteiger partial charge in [-0.2, -0.15) is 0 Å². The zero-order valence-electron chi connectivity index (χ0n) is 12.5. The zero-order valence-corrected chi connectivity index (χ0v) is 12.5. The Kier molecular flexibility index (Phi) is 3.66. The molecule has 0 radical (unpaired) electrons. The molecule has 2 amide bonds. The van der Waals surface area contributed by atoms with Crippen molar-refractivity contribution in [1.82, 2.24) is 10.5 Å². The largest absolute Gasteiger partial charge is 0.361 e. The van der Waals surface area contributed by atoms with Gasteiger partial charge in [-0.05, 0) is 25.5 Å². The Labute approximate surface area is 127 Å². The molecular formula is C16H17N3O3. The number of carbonyl (C=O) groups is 2. The van der Waals surface area contributed by atoms with Crippen LogP contribution in [0, 0.1) is 13.8 Å². The Morgan fingerprint density at radius 3 is 2.91 bits per heavy atom. The van der Waals surface area contributed by atoms with Crippen LogP contribution in [0.15, 0.2) is 28.8 Å². The quantitative estimate of drug-likeness (QED) is 0.908. The van der Waals surface area contributed by atoms with E-state index >= 15 is 0 Å². The van der Waals surface area contributed by atoms with E-state index in [1.807, 2.05) is 32.0 Å². The molecule has 0 fully saturated rings. The van der Waals surface area contributed by atoms with Crippen LogP contribution in [0.1, 0.15) is 34.9 Å². The molecule has 1 aliphatic heterocycles. The number of anilines is 1. The summed E-state index contributed by atoms with van der Waals surface area (Å²) in [6, 6.07) is 7.38. The lowest BCUT2D eigenvalue weighted by atomic mass is 9.90. The van der Waals surface area contributed by atoms with E-state index in [2.05, 4.69) is 15.8 Å². The normalized spacial score (nSPS) is 16.8. The summed E-state index contributed by atoms with van der Waals surface area (Å²) in [5.74, 6) is -0.0801. The minimum atomic E-state index is -0.467. The molecule has 3 rings (SSSR count). The first-order valence-electron chi connectivity index (χ1n) is 7.14. The summed E-state index contributed by atoms with van der Waals surface area (Å²) in [5.41, 5.74) is 3.19. The van der Waals surface area contributed by atoms with Crippen molar-refractivity contribution >= 4 is 17.5 Å². The average Bonchev–Trinajstić information content (AvgIpc) is 2.82. The number of para-hydroxylation sites is 1. The number of nitrogens with one attached hydrogen (secondary N) is 2. The van der Waals surface area contributed by atoms with Gasteiger partial charge in [-0.1, -0.05) is 23.4 Å². The van der Waals surface area contributed by atoms with Gasteiger partial charge in [-0.25, -0.2) is 0 Å². The van der Waals surface area contributed by atoms with Crippen LogP contribution in [-0.2, 0) is 16.1 Å². The second kappa shape index (κ2) is 5.63. The van der Waals surface area contributed by atoms with Crippen molar-refractivity contribution in [2.45, 2.75) is 32.7 Å². The van der Waals surface area contributed by atoms with Crippen LogP contribution in [0.3, 0.4) is 0 Å². The summed E-state index contributed by atoms with van der Waals surface area (Å²) in [4.78, 5) is 24.2. The highest BCUT2D eigenvalue weighted by molar-refractivity contribution is 6.01. The Bertz CT molecular complexity index is 716. The number of aromatic nitrogens is 1. The summed E-state index contributed by atoms with van der Waals surface area (Å²) in [6.45, 7) is 3.99. The van der Waals surface area contributed by atoms with Crippen LogP contribution in [0.25, 0.3) is 0 Å². The molecule has 2 N–H and O–H groups in total. The molecule has 2 aromatic rings. The maximum absolute atomic E-state index is 12.5. The smallest absolute Gasteiger partial charge is 0.228 e. The first kappa shape index (κ1) is 14.3. The van der Waals surface area contributed by atoms with E-state index in [1.165, 1.54) is 0 Å². The van der Waals surface area contributed by atoms with Gasteiger partial charge >= 0.3 is 0 Å². The fourth-order valence-electron chi connectivity index (χ4n) is 2.70. The van der Waals surface area contributed by atoms with Gasteiger partial charge < -0.3 is 15.2 Å². The summed E-state index contributed by atoms with van der Waals surface area (Å²) in [6.07, 6.45) is 0.157. The number of nitrogens with zero attached hydrogens (tertiary/aromatic N) is 1. The van der Waals surface area contributed by atoms with Crippen LogP contribution in [0.2, 0.25) is 0 Å². The second-order valence-electron chi connectivity index (χ2n) is 5.41. The fraction of sp³-hybridized carbons (Fsp3) is 0.312. The number of hydrogen-bond donors (Lipinski definition) is 2. The molecular weight excluding hydrogens is 282 g/mol. The van der Waals surface area contributed by atoms with Gasteiger partial charge in [-0.3, -0.25) is 9.59 Å². The van der Waals surface area contributed by atoms with Crippen molar-refractivity contribution in [2.75, 3.05) is 5.32 Å². The molecule has 0 bridgehead atoms. The molecule has 6 nitrogen and oxygen atoms in total. The summed E-state index contributed by atoms with van der Waals surface area (Å²) in [7, 11) is 0. The first-order valence-corrected chi connectivity index (χ1v) is 7.14. The predicted molar refractivity (Wildman–Crippen MR) is 80.3 cm³/mol. The third-order valence-corrected chi connectivity index (χ3v) is 3.94. The topological polar surface area (TPSA) is 84.2 Å². The third-order valence-electron chi connectivity index (χ3n) is 3.94. The molecule has 0 aliphatic carbocycles. The van der Waals surface area contributed by atoms with Crippen LogP contribution in [0.5, 0.6) is 0 Å². The number of benzene rings is 1. The van der Waals surface area contributed by atoms with E-state index in [9.17, 15) is 9.59 Å². The third kappa shape index (κ3) is 2.59. The van der Waals surface area contributed by atoms with Crippen LogP contribution in [0.4, 0.5) is 5.69 Å². The number of fused-ring (bicyclic) bond motifs is 1. The van der Waals surface area contributed by atoms with Crippen molar-refractivity contribution in [3.05, 3.63) is 46.8 Å². The molecule has 0 spiro atoms. The van der Waals surface area contributed by atoms with Crippen LogP contribution < -0.4 is 10.6 Å². The molecule has 0 saturated carbocycles. The minimum absolute atomic E-state index is 0.142. The minimum Gasteiger partial charge on any atom is -0.361 e. The van der Waals surface area contributed by atoms with Gasteiger partial charge in [-0.15, -0.1) is 0 Å². The van der Waals surface area contributed by atoms with E-state index in [0.717, 1.165) is 16.8 Å². The van der Waals surface area contributed by atoms with Crippen molar-refractivity contribution in [2.24, 2.45) is 0 Å². The molecule has 22 heavy (non-hydrogen) atoms. The van der Waals surface area contributed by atoms with Crippen molar-refractivity contribution in [3.63, 3.8) is 0 Å². The van der Waals surface area contributed by atoms with Crippen LogP contribution >= 0.6 is 0 Å². The summed E-state index contributed by atoms with van der Waals surface area (Å²) in [5, 5.41) is 9.53. The second-order valence-corrected chi connectivity index (χ2v) is 5.41.